The van der Waals surface area contributed by atoms with Crippen LogP contribution in [-0.2, 0) is 4.79 Å². The molecule has 0 aromatic heterocycles. The van der Waals surface area contributed by atoms with Crippen LogP contribution in [0.4, 0.5) is 5.69 Å². The molecule has 0 saturated heterocycles. The Bertz CT molecular complexity index is 776. The summed E-state index contributed by atoms with van der Waals surface area (Å²) < 4.78 is 10.9. The number of hydrogen-bond donors (Lipinski definition) is 2. The predicted octanol–water partition coefficient (Wildman–Crippen LogP) is 3.63. The fraction of sp³-hybridized carbons (Fsp3) is 0.333. The van der Waals surface area contributed by atoms with Gasteiger partial charge < -0.3 is 20.1 Å². The van der Waals surface area contributed by atoms with Gasteiger partial charge in [-0.2, -0.15) is 0 Å². The second kappa shape index (κ2) is 10.2. The molecule has 0 saturated carbocycles. The number of unbranched alkanes of at least 4 members (excludes halogenated alkanes) is 1. The third-order valence-electron chi connectivity index (χ3n) is 3.99. The maximum Gasteiger partial charge on any atom is 0.265 e. The minimum atomic E-state index is -0.766. The van der Waals surface area contributed by atoms with Crippen LogP contribution in [0.25, 0.3) is 0 Å². The minimum absolute atomic E-state index is 0.211. The monoisotopic (exact) mass is 370 g/mol. The summed E-state index contributed by atoms with van der Waals surface area (Å²) in [6.07, 6.45) is 1.14. The van der Waals surface area contributed by atoms with Crippen molar-refractivity contribution >= 4 is 17.5 Å². The first-order chi connectivity index (χ1) is 13.1. The molecule has 2 rings (SSSR count). The highest BCUT2D eigenvalue weighted by molar-refractivity contribution is 6.04. The summed E-state index contributed by atoms with van der Waals surface area (Å²) >= 11 is 0. The molecule has 0 heterocycles. The number of para-hydroxylation sites is 3. The summed E-state index contributed by atoms with van der Waals surface area (Å²) in [5.41, 5.74) is 0.874. The molecule has 0 fully saturated rings. The van der Waals surface area contributed by atoms with E-state index in [-0.39, 0.29) is 11.8 Å². The number of methoxy groups -OCH3 is 1. The molecule has 2 N–H and O–H groups in total. The van der Waals surface area contributed by atoms with Gasteiger partial charge in [-0.25, -0.2) is 0 Å². The number of ether oxygens (including phenoxy) is 2. The van der Waals surface area contributed by atoms with Crippen molar-refractivity contribution in [3.8, 4) is 11.5 Å². The number of carbonyl (C=O) groups is 2. The van der Waals surface area contributed by atoms with Gasteiger partial charge in [0.15, 0.2) is 17.6 Å². The van der Waals surface area contributed by atoms with E-state index in [9.17, 15) is 9.59 Å². The van der Waals surface area contributed by atoms with E-state index in [4.69, 9.17) is 9.47 Å². The molecule has 2 aromatic carbocycles. The lowest BCUT2D eigenvalue weighted by atomic mass is 10.1. The Balaban J connectivity index is 2.05. The van der Waals surface area contributed by atoms with E-state index < -0.39 is 6.10 Å². The quantitative estimate of drug-likeness (QED) is 0.661. The number of amides is 2. The molecular formula is C21H26N2O4. The number of carbonyl (C=O) groups excluding carboxylic acids is 2. The van der Waals surface area contributed by atoms with E-state index in [2.05, 4.69) is 17.6 Å². The normalized spacial score (nSPS) is 11.4. The zero-order chi connectivity index (χ0) is 19.6. The first-order valence-electron chi connectivity index (χ1n) is 9.04. The maximum atomic E-state index is 12.5. The second-order valence-corrected chi connectivity index (χ2v) is 6.06. The first kappa shape index (κ1) is 20.3. The summed E-state index contributed by atoms with van der Waals surface area (Å²) in [4.78, 5) is 24.9. The minimum Gasteiger partial charge on any atom is -0.493 e. The molecule has 0 unspecified atom stereocenters. The molecular weight excluding hydrogens is 344 g/mol. The van der Waals surface area contributed by atoms with Gasteiger partial charge in [-0.1, -0.05) is 37.6 Å². The third kappa shape index (κ3) is 5.74. The van der Waals surface area contributed by atoms with Crippen LogP contribution in [0.3, 0.4) is 0 Å². The lowest BCUT2D eigenvalue weighted by Gasteiger charge is -2.17. The molecule has 0 aliphatic carbocycles. The second-order valence-electron chi connectivity index (χ2n) is 6.06. The van der Waals surface area contributed by atoms with Crippen molar-refractivity contribution in [2.75, 3.05) is 19.0 Å². The number of benzene rings is 2. The molecule has 0 bridgehead atoms. The average molecular weight is 370 g/mol. The molecule has 1 atom stereocenters. The van der Waals surface area contributed by atoms with Gasteiger partial charge in [-0.05, 0) is 37.6 Å². The standard InChI is InChI=1S/C21H26N2O4/c1-4-5-14-22-21(25)16-10-6-7-11-17(16)23-20(24)15(2)27-19-13-9-8-12-18(19)26-3/h6-13,15H,4-5,14H2,1-3H3,(H,22,25)(H,23,24)/t15-/m1/s1. The zero-order valence-corrected chi connectivity index (χ0v) is 16.0. The van der Waals surface area contributed by atoms with Gasteiger partial charge >= 0.3 is 0 Å². The Morgan fingerprint density at radius 3 is 2.41 bits per heavy atom. The Morgan fingerprint density at radius 2 is 1.70 bits per heavy atom. The maximum absolute atomic E-state index is 12.5. The van der Waals surface area contributed by atoms with Crippen molar-refractivity contribution in [3.05, 3.63) is 54.1 Å². The van der Waals surface area contributed by atoms with Crippen LogP contribution in [0, 0.1) is 0 Å². The number of rotatable bonds is 9. The molecule has 2 aromatic rings. The highest BCUT2D eigenvalue weighted by atomic mass is 16.5. The van der Waals surface area contributed by atoms with Crippen LogP contribution in [0.5, 0.6) is 11.5 Å². The Morgan fingerprint density at radius 1 is 1.04 bits per heavy atom. The summed E-state index contributed by atoms with van der Waals surface area (Å²) in [5.74, 6) is 0.466. The largest absolute Gasteiger partial charge is 0.493 e. The van der Waals surface area contributed by atoms with E-state index in [0.717, 1.165) is 12.8 Å². The molecule has 0 aliphatic rings. The highest BCUT2D eigenvalue weighted by Crippen LogP contribution is 2.27. The van der Waals surface area contributed by atoms with Crippen molar-refractivity contribution in [2.45, 2.75) is 32.8 Å². The van der Waals surface area contributed by atoms with E-state index in [1.807, 2.05) is 6.07 Å². The van der Waals surface area contributed by atoms with Gasteiger partial charge in [0, 0.05) is 6.54 Å². The molecule has 0 radical (unpaired) electrons. The van der Waals surface area contributed by atoms with Crippen LogP contribution in [-0.4, -0.2) is 31.6 Å². The molecule has 27 heavy (non-hydrogen) atoms. The molecule has 2 amide bonds. The van der Waals surface area contributed by atoms with Gasteiger partial charge in [0.2, 0.25) is 0 Å². The van der Waals surface area contributed by atoms with E-state index >= 15 is 0 Å². The van der Waals surface area contributed by atoms with E-state index in [1.165, 1.54) is 0 Å². The fourth-order valence-electron chi connectivity index (χ4n) is 2.46. The topological polar surface area (TPSA) is 76.7 Å². The Kier molecular flexibility index (Phi) is 7.67. The fourth-order valence-corrected chi connectivity index (χ4v) is 2.46. The first-order valence-corrected chi connectivity index (χ1v) is 9.04. The SMILES string of the molecule is CCCCNC(=O)c1ccccc1NC(=O)[C@@H](C)Oc1ccccc1OC. The van der Waals surface area contributed by atoms with Crippen molar-refractivity contribution in [3.63, 3.8) is 0 Å². The molecule has 0 spiro atoms. The van der Waals surface area contributed by atoms with E-state index in [0.29, 0.717) is 29.3 Å². The molecule has 144 valence electrons. The molecule has 6 nitrogen and oxygen atoms in total. The van der Waals surface area contributed by atoms with Gasteiger partial charge in [-0.15, -0.1) is 0 Å². The van der Waals surface area contributed by atoms with Crippen LogP contribution in [0.2, 0.25) is 0 Å². The van der Waals surface area contributed by atoms with Crippen molar-refractivity contribution in [2.24, 2.45) is 0 Å². The van der Waals surface area contributed by atoms with Gasteiger partial charge in [0.25, 0.3) is 11.8 Å². The smallest absolute Gasteiger partial charge is 0.265 e. The number of anilines is 1. The zero-order valence-electron chi connectivity index (χ0n) is 16.0. The number of hydrogen-bond acceptors (Lipinski definition) is 4. The highest BCUT2D eigenvalue weighted by Gasteiger charge is 2.19. The van der Waals surface area contributed by atoms with Crippen molar-refractivity contribution in [1.82, 2.24) is 5.32 Å². The van der Waals surface area contributed by atoms with Crippen LogP contribution in [0.15, 0.2) is 48.5 Å². The molecule has 6 heteroatoms. The predicted molar refractivity (Wildman–Crippen MR) is 105 cm³/mol. The summed E-state index contributed by atoms with van der Waals surface area (Å²) in [5, 5.41) is 5.63. The van der Waals surface area contributed by atoms with Crippen LogP contribution >= 0.6 is 0 Å². The van der Waals surface area contributed by atoms with Crippen molar-refractivity contribution < 1.29 is 19.1 Å². The summed E-state index contributed by atoms with van der Waals surface area (Å²) in [6, 6.07) is 14.0. The van der Waals surface area contributed by atoms with Gasteiger partial charge in [-0.3, -0.25) is 9.59 Å². The lowest BCUT2D eigenvalue weighted by Crippen LogP contribution is -2.32. The van der Waals surface area contributed by atoms with Crippen LogP contribution < -0.4 is 20.1 Å². The molecule has 0 aliphatic heterocycles. The number of nitrogens with one attached hydrogen (secondary N) is 2. The van der Waals surface area contributed by atoms with Gasteiger partial charge in [0.1, 0.15) is 0 Å². The summed E-state index contributed by atoms with van der Waals surface area (Å²) in [6.45, 7) is 4.31. The summed E-state index contributed by atoms with van der Waals surface area (Å²) in [7, 11) is 1.54. The lowest BCUT2D eigenvalue weighted by molar-refractivity contribution is -0.122. The third-order valence-corrected chi connectivity index (χ3v) is 3.99. The van der Waals surface area contributed by atoms with Crippen LogP contribution in [0.1, 0.15) is 37.0 Å². The van der Waals surface area contributed by atoms with Gasteiger partial charge in [0.05, 0.1) is 18.4 Å². The Labute approximate surface area is 159 Å². The average Bonchev–Trinajstić information content (AvgIpc) is 2.68. The van der Waals surface area contributed by atoms with Crippen molar-refractivity contribution in [1.29, 1.82) is 0 Å². The van der Waals surface area contributed by atoms with E-state index in [1.54, 1.807) is 56.5 Å². The Hall–Kier alpha value is -3.02.